The van der Waals surface area contributed by atoms with Gasteiger partial charge in [-0.25, -0.2) is 8.78 Å². The molecule has 0 aromatic heterocycles. The third kappa shape index (κ3) is 3.16. The maximum absolute atomic E-state index is 13.5. The highest BCUT2D eigenvalue weighted by atomic mass is 19.1. The summed E-state index contributed by atoms with van der Waals surface area (Å²) in [5.41, 5.74) is -0.130. The highest BCUT2D eigenvalue weighted by molar-refractivity contribution is 6.05. The molecule has 1 aromatic rings. The van der Waals surface area contributed by atoms with Crippen LogP contribution < -0.4 is 5.32 Å². The fraction of sp³-hybridized carbons (Fsp3) is 0.471. The van der Waals surface area contributed by atoms with Gasteiger partial charge in [0, 0.05) is 19.0 Å². The van der Waals surface area contributed by atoms with Crippen molar-refractivity contribution in [3.8, 4) is 0 Å². The van der Waals surface area contributed by atoms with Gasteiger partial charge in [0.2, 0.25) is 17.7 Å². The van der Waals surface area contributed by atoms with Crippen LogP contribution in [0.1, 0.15) is 32.1 Å². The van der Waals surface area contributed by atoms with Crippen molar-refractivity contribution in [2.24, 2.45) is 11.8 Å². The predicted octanol–water partition coefficient (Wildman–Crippen LogP) is 2.47. The van der Waals surface area contributed by atoms with Gasteiger partial charge in [-0.1, -0.05) is 12.8 Å². The number of nitrogens with zero attached hydrogens (tertiary/aromatic N) is 1. The monoisotopic (exact) mass is 336 g/mol. The van der Waals surface area contributed by atoms with E-state index < -0.39 is 17.5 Å². The number of anilines is 1. The number of rotatable bonds is 4. The summed E-state index contributed by atoms with van der Waals surface area (Å²) in [6, 6.07) is 2.84. The van der Waals surface area contributed by atoms with Crippen LogP contribution >= 0.6 is 0 Å². The Labute approximate surface area is 138 Å². The van der Waals surface area contributed by atoms with E-state index in [4.69, 9.17) is 0 Å². The van der Waals surface area contributed by atoms with Crippen LogP contribution in [0, 0.1) is 23.5 Å². The number of amides is 3. The van der Waals surface area contributed by atoms with Crippen molar-refractivity contribution < 1.29 is 23.2 Å². The summed E-state index contributed by atoms with van der Waals surface area (Å²) in [5.74, 6) is -3.04. The maximum Gasteiger partial charge on any atom is 0.233 e. The zero-order valence-corrected chi connectivity index (χ0v) is 13.1. The molecule has 1 saturated heterocycles. The number of carbonyl (C=O) groups excluding carboxylic acids is 3. The van der Waals surface area contributed by atoms with Crippen LogP contribution in [-0.2, 0) is 14.4 Å². The highest BCUT2D eigenvalue weighted by Gasteiger charge is 2.47. The van der Waals surface area contributed by atoms with Gasteiger partial charge in [0.15, 0.2) is 0 Å². The van der Waals surface area contributed by atoms with E-state index in [1.165, 1.54) is 0 Å². The molecule has 5 nitrogen and oxygen atoms in total. The molecule has 0 unspecified atom stereocenters. The molecule has 1 aliphatic heterocycles. The van der Waals surface area contributed by atoms with Gasteiger partial charge in [-0.05, 0) is 25.0 Å². The Morgan fingerprint density at radius 3 is 2.33 bits per heavy atom. The molecule has 2 fully saturated rings. The topological polar surface area (TPSA) is 66.5 Å². The number of fused-ring (bicyclic) bond motifs is 1. The number of carbonyl (C=O) groups is 3. The largest absolute Gasteiger partial charge is 0.324 e. The van der Waals surface area contributed by atoms with Crippen LogP contribution in [0.2, 0.25) is 0 Å². The van der Waals surface area contributed by atoms with Gasteiger partial charge >= 0.3 is 0 Å². The van der Waals surface area contributed by atoms with Crippen LogP contribution in [0.4, 0.5) is 14.5 Å². The number of nitrogens with one attached hydrogen (secondary N) is 1. The number of benzene rings is 1. The van der Waals surface area contributed by atoms with Crippen LogP contribution in [0.5, 0.6) is 0 Å². The minimum absolute atomic E-state index is 0.0146. The van der Waals surface area contributed by atoms with E-state index in [1.54, 1.807) is 0 Å². The van der Waals surface area contributed by atoms with Crippen molar-refractivity contribution in [2.75, 3.05) is 11.9 Å². The van der Waals surface area contributed by atoms with Crippen molar-refractivity contribution in [2.45, 2.75) is 32.1 Å². The third-order valence-corrected chi connectivity index (χ3v) is 4.70. The number of halogens is 2. The lowest BCUT2D eigenvalue weighted by Gasteiger charge is -2.19. The Bertz CT molecular complexity index is 668. The number of hydrogen-bond acceptors (Lipinski definition) is 3. The lowest BCUT2D eigenvalue weighted by atomic mass is 9.81. The van der Waals surface area contributed by atoms with E-state index in [2.05, 4.69) is 5.32 Å². The first kappa shape index (κ1) is 16.5. The highest BCUT2D eigenvalue weighted by Crippen LogP contribution is 2.37. The summed E-state index contributed by atoms with van der Waals surface area (Å²) in [7, 11) is 0. The minimum Gasteiger partial charge on any atom is -0.324 e. The molecular formula is C17H18F2N2O3. The van der Waals surface area contributed by atoms with Crippen LogP contribution in [0.15, 0.2) is 18.2 Å². The van der Waals surface area contributed by atoms with Crippen molar-refractivity contribution in [3.63, 3.8) is 0 Å². The fourth-order valence-corrected chi connectivity index (χ4v) is 3.47. The quantitative estimate of drug-likeness (QED) is 0.859. The molecule has 7 heteroatoms. The first-order valence-electron chi connectivity index (χ1n) is 8.07. The third-order valence-electron chi connectivity index (χ3n) is 4.70. The predicted molar refractivity (Wildman–Crippen MR) is 81.8 cm³/mol. The Hall–Kier alpha value is -2.31. The minimum atomic E-state index is -0.873. The number of imide groups is 1. The van der Waals surface area contributed by atoms with Gasteiger partial charge in [0.1, 0.15) is 11.6 Å². The van der Waals surface area contributed by atoms with E-state index in [-0.39, 0.29) is 42.3 Å². The molecule has 1 saturated carbocycles. The molecule has 24 heavy (non-hydrogen) atoms. The van der Waals surface area contributed by atoms with Gasteiger partial charge in [0.25, 0.3) is 0 Å². The maximum atomic E-state index is 13.5. The zero-order chi connectivity index (χ0) is 17.3. The normalized spacial score (nSPS) is 23.3. The second-order valence-electron chi connectivity index (χ2n) is 6.25. The molecule has 3 rings (SSSR count). The Kier molecular flexibility index (Phi) is 4.59. The second-order valence-corrected chi connectivity index (χ2v) is 6.25. The standard InChI is InChI=1S/C17H18F2N2O3/c18-10-5-6-14(13(19)9-10)20-15(22)7-8-21-16(23)11-3-1-2-4-12(11)17(21)24/h5-6,9,11-12H,1-4,7-8H2,(H,20,22)/t11-,12-/m1/s1. The first-order valence-corrected chi connectivity index (χ1v) is 8.07. The summed E-state index contributed by atoms with van der Waals surface area (Å²) in [4.78, 5) is 37.6. The van der Waals surface area contributed by atoms with E-state index in [1.807, 2.05) is 0 Å². The summed E-state index contributed by atoms with van der Waals surface area (Å²) < 4.78 is 26.3. The Morgan fingerprint density at radius 1 is 1.12 bits per heavy atom. The van der Waals surface area contributed by atoms with E-state index >= 15 is 0 Å². The smallest absolute Gasteiger partial charge is 0.233 e. The molecule has 1 aliphatic carbocycles. The van der Waals surface area contributed by atoms with E-state index in [0.29, 0.717) is 6.07 Å². The fourth-order valence-electron chi connectivity index (χ4n) is 3.47. The van der Waals surface area contributed by atoms with Crippen molar-refractivity contribution >= 4 is 23.4 Å². The Morgan fingerprint density at radius 2 is 1.75 bits per heavy atom. The van der Waals surface area contributed by atoms with Gasteiger partial charge in [0.05, 0.1) is 17.5 Å². The van der Waals surface area contributed by atoms with Gasteiger partial charge < -0.3 is 5.32 Å². The van der Waals surface area contributed by atoms with Crippen LogP contribution in [0.3, 0.4) is 0 Å². The summed E-state index contributed by atoms with van der Waals surface area (Å²) in [5, 5.41) is 2.32. The van der Waals surface area contributed by atoms with Gasteiger partial charge in [-0.2, -0.15) is 0 Å². The first-order chi connectivity index (χ1) is 11.5. The molecule has 128 valence electrons. The molecule has 1 N–H and O–H groups in total. The number of hydrogen-bond donors (Lipinski definition) is 1. The zero-order valence-electron chi connectivity index (χ0n) is 13.1. The molecule has 2 atom stereocenters. The number of likely N-dealkylation sites (tertiary alicyclic amines) is 1. The van der Waals surface area contributed by atoms with Crippen LogP contribution in [0.25, 0.3) is 0 Å². The summed E-state index contributed by atoms with van der Waals surface area (Å²) >= 11 is 0. The molecule has 0 radical (unpaired) electrons. The van der Waals surface area contributed by atoms with Gasteiger partial charge in [-0.15, -0.1) is 0 Å². The Balaban J connectivity index is 1.58. The molecule has 1 heterocycles. The second kappa shape index (κ2) is 6.67. The van der Waals surface area contributed by atoms with Crippen molar-refractivity contribution in [1.29, 1.82) is 0 Å². The van der Waals surface area contributed by atoms with Crippen molar-refractivity contribution in [1.82, 2.24) is 4.90 Å². The average molecular weight is 336 g/mol. The summed E-state index contributed by atoms with van der Waals surface area (Å²) in [6.07, 6.45) is 3.21. The molecule has 0 bridgehead atoms. The lowest BCUT2D eigenvalue weighted by Crippen LogP contribution is -2.34. The van der Waals surface area contributed by atoms with Gasteiger partial charge in [-0.3, -0.25) is 19.3 Å². The molecule has 2 aliphatic rings. The van der Waals surface area contributed by atoms with E-state index in [9.17, 15) is 23.2 Å². The van der Waals surface area contributed by atoms with Crippen molar-refractivity contribution in [3.05, 3.63) is 29.8 Å². The molecule has 1 aromatic carbocycles. The van der Waals surface area contributed by atoms with E-state index in [0.717, 1.165) is 42.7 Å². The lowest BCUT2D eigenvalue weighted by molar-refractivity contribution is -0.140. The molecular weight excluding hydrogens is 318 g/mol. The van der Waals surface area contributed by atoms with Crippen LogP contribution in [-0.4, -0.2) is 29.2 Å². The average Bonchev–Trinajstić information content (AvgIpc) is 2.80. The summed E-state index contributed by atoms with van der Waals surface area (Å²) in [6.45, 7) is -0.0146. The molecule has 3 amide bonds. The SMILES string of the molecule is O=C(CCN1C(=O)[C@@H]2CCCC[C@H]2C1=O)Nc1ccc(F)cc1F. The molecule has 0 spiro atoms.